The van der Waals surface area contributed by atoms with Crippen LogP contribution in [0.4, 0.5) is 18.9 Å². The Kier molecular flexibility index (Phi) is 6.17. The van der Waals surface area contributed by atoms with E-state index in [0.717, 1.165) is 25.3 Å². The van der Waals surface area contributed by atoms with Crippen molar-refractivity contribution in [2.75, 3.05) is 11.9 Å². The summed E-state index contributed by atoms with van der Waals surface area (Å²) in [6.45, 7) is 4.85. The fourth-order valence-electron chi connectivity index (χ4n) is 1.81. The van der Waals surface area contributed by atoms with Gasteiger partial charge in [0.25, 0.3) is 0 Å². The highest BCUT2D eigenvalue weighted by Gasteiger charge is 2.33. The maximum absolute atomic E-state index is 12.8. The zero-order valence-corrected chi connectivity index (χ0v) is 12.7. The molecule has 0 amide bonds. The van der Waals surface area contributed by atoms with E-state index in [1.54, 1.807) is 0 Å². The Hall–Kier alpha value is -0.710. The number of hydrogen-bond donors (Lipinski definition) is 1. The van der Waals surface area contributed by atoms with E-state index in [1.807, 2.05) is 0 Å². The summed E-state index contributed by atoms with van der Waals surface area (Å²) in [4.78, 5) is 0. The first kappa shape index (κ1) is 16.3. The molecular formula is C14H19BrF3N. The van der Waals surface area contributed by atoms with Crippen molar-refractivity contribution in [3.63, 3.8) is 0 Å². The minimum atomic E-state index is -4.32. The zero-order chi connectivity index (χ0) is 14.5. The molecule has 1 aromatic rings. The zero-order valence-electron chi connectivity index (χ0n) is 11.1. The minimum Gasteiger partial charge on any atom is -0.385 e. The monoisotopic (exact) mass is 337 g/mol. The van der Waals surface area contributed by atoms with Gasteiger partial charge in [0.15, 0.2) is 0 Å². The van der Waals surface area contributed by atoms with E-state index in [0.29, 0.717) is 16.9 Å². The van der Waals surface area contributed by atoms with Crippen molar-refractivity contribution in [1.29, 1.82) is 0 Å². The number of rotatable bonds is 6. The highest BCUT2D eigenvalue weighted by atomic mass is 79.9. The molecule has 1 rings (SSSR count). The molecule has 0 aromatic heterocycles. The van der Waals surface area contributed by atoms with Crippen LogP contribution in [0.5, 0.6) is 0 Å². The average molecular weight is 338 g/mol. The predicted octanol–water partition coefficient (Wildman–Crippen LogP) is 5.71. The molecule has 5 heteroatoms. The molecule has 0 aliphatic heterocycles. The Bertz CT molecular complexity index is 402. The summed E-state index contributed by atoms with van der Waals surface area (Å²) < 4.78 is 39.1. The van der Waals surface area contributed by atoms with Crippen LogP contribution < -0.4 is 5.32 Å². The van der Waals surface area contributed by atoms with Crippen molar-refractivity contribution < 1.29 is 13.2 Å². The van der Waals surface area contributed by atoms with Crippen LogP contribution in [0.1, 0.15) is 38.7 Å². The molecule has 0 unspecified atom stereocenters. The molecule has 1 nitrogen and oxygen atoms in total. The maximum Gasteiger partial charge on any atom is 0.418 e. The van der Waals surface area contributed by atoms with Crippen LogP contribution in [0, 0.1) is 5.92 Å². The Morgan fingerprint density at radius 3 is 2.47 bits per heavy atom. The van der Waals surface area contributed by atoms with Gasteiger partial charge < -0.3 is 5.32 Å². The van der Waals surface area contributed by atoms with Gasteiger partial charge in [-0.15, -0.1) is 0 Å². The molecular weight excluding hydrogens is 319 g/mol. The normalized spacial score (nSPS) is 11.9. The van der Waals surface area contributed by atoms with E-state index in [9.17, 15) is 13.2 Å². The molecule has 0 atom stereocenters. The van der Waals surface area contributed by atoms with Crippen LogP contribution in [0.15, 0.2) is 22.7 Å². The molecule has 0 bridgehead atoms. The highest BCUT2D eigenvalue weighted by molar-refractivity contribution is 9.10. The summed E-state index contributed by atoms with van der Waals surface area (Å²) in [5.74, 6) is 0.636. The lowest BCUT2D eigenvalue weighted by atomic mass is 10.1. The second kappa shape index (κ2) is 7.17. The van der Waals surface area contributed by atoms with Gasteiger partial charge >= 0.3 is 6.18 Å². The Morgan fingerprint density at radius 2 is 1.89 bits per heavy atom. The lowest BCUT2D eigenvalue weighted by Gasteiger charge is -2.15. The first-order valence-electron chi connectivity index (χ1n) is 6.41. The van der Waals surface area contributed by atoms with E-state index >= 15 is 0 Å². The van der Waals surface area contributed by atoms with E-state index in [-0.39, 0.29) is 5.69 Å². The molecule has 0 spiro atoms. The third-order valence-electron chi connectivity index (χ3n) is 2.81. The van der Waals surface area contributed by atoms with Crippen molar-refractivity contribution in [2.45, 2.75) is 39.3 Å². The van der Waals surface area contributed by atoms with Gasteiger partial charge in [0, 0.05) is 16.7 Å². The van der Waals surface area contributed by atoms with Gasteiger partial charge in [-0.05, 0) is 30.5 Å². The van der Waals surface area contributed by atoms with Gasteiger partial charge in [-0.1, -0.05) is 42.6 Å². The number of benzene rings is 1. The third kappa shape index (κ3) is 5.85. The van der Waals surface area contributed by atoms with Crippen LogP contribution in [0.3, 0.4) is 0 Å². The van der Waals surface area contributed by atoms with Crippen molar-refractivity contribution in [3.05, 3.63) is 28.2 Å². The van der Waals surface area contributed by atoms with E-state index in [4.69, 9.17) is 0 Å². The summed E-state index contributed by atoms with van der Waals surface area (Å²) in [5.41, 5.74) is -0.467. The maximum atomic E-state index is 12.8. The highest BCUT2D eigenvalue weighted by Crippen LogP contribution is 2.36. The van der Waals surface area contributed by atoms with E-state index in [1.165, 1.54) is 12.1 Å². The third-order valence-corrected chi connectivity index (χ3v) is 3.30. The van der Waals surface area contributed by atoms with Gasteiger partial charge in [0.2, 0.25) is 0 Å². The number of nitrogens with one attached hydrogen (secondary N) is 1. The first-order chi connectivity index (χ1) is 8.80. The number of unbranched alkanes of at least 4 members (excludes halogenated alkanes) is 1. The van der Waals surface area contributed by atoms with Crippen LogP contribution in [0.2, 0.25) is 0 Å². The van der Waals surface area contributed by atoms with Gasteiger partial charge in [-0.25, -0.2) is 0 Å². The Morgan fingerprint density at radius 1 is 1.21 bits per heavy atom. The second-order valence-electron chi connectivity index (χ2n) is 5.00. The molecule has 0 saturated carbocycles. The van der Waals surface area contributed by atoms with Crippen molar-refractivity contribution in [2.24, 2.45) is 5.92 Å². The molecule has 0 heterocycles. The number of anilines is 1. The molecule has 19 heavy (non-hydrogen) atoms. The topological polar surface area (TPSA) is 12.0 Å². The van der Waals surface area contributed by atoms with Crippen molar-refractivity contribution in [3.8, 4) is 0 Å². The number of alkyl halides is 3. The number of hydrogen-bond acceptors (Lipinski definition) is 1. The Balaban J connectivity index is 2.59. The molecule has 0 saturated heterocycles. The van der Waals surface area contributed by atoms with Gasteiger partial charge in [-0.3, -0.25) is 0 Å². The van der Waals surface area contributed by atoms with E-state index < -0.39 is 11.7 Å². The summed E-state index contributed by atoms with van der Waals surface area (Å²) in [7, 11) is 0. The number of halogens is 4. The second-order valence-corrected chi connectivity index (χ2v) is 5.92. The molecule has 0 fully saturated rings. The van der Waals surface area contributed by atoms with E-state index in [2.05, 4.69) is 35.1 Å². The Labute approximate surface area is 120 Å². The van der Waals surface area contributed by atoms with Crippen molar-refractivity contribution >= 4 is 21.6 Å². The van der Waals surface area contributed by atoms with Gasteiger partial charge in [0.1, 0.15) is 0 Å². The fraction of sp³-hybridized carbons (Fsp3) is 0.571. The summed E-state index contributed by atoms with van der Waals surface area (Å²) in [6, 6.07) is 3.98. The minimum absolute atomic E-state index is 0.145. The lowest BCUT2D eigenvalue weighted by molar-refractivity contribution is -0.136. The first-order valence-corrected chi connectivity index (χ1v) is 7.20. The smallest absolute Gasteiger partial charge is 0.385 e. The largest absolute Gasteiger partial charge is 0.418 e. The SMILES string of the molecule is CC(C)CCCCNc1cc(Br)ccc1C(F)(F)F. The summed E-state index contributed by atoms with van der Waals surface area (Å²) in [5, 5.41) is 2.88. The quantitative estimate of drug-likeness (QED) is 0.656. The van der Waals surface area contributed by atoms with Crippen molar-refractivity contribution in [1.82, 2.24) is 0 Å². The van der Waals surface area contributed by atoms with Crippen LogP contribution in [-0.4, -0.2) is 6.54 Å². The molecule has 1 aromatic carbocycles. The predicted molar refractivity (Wildman–Crippen MR) is 76.3 cm³/mol. The summed E-state index contributed by atoms with van der Waals surface area (Å²) >= 11 is 3.20. The molecule has 0 radical (unpaired) electrons. The fourth-order valence-corrected chi connectivity index (χ4v) is 2.17. The van der Waals surface area contributed by atoms with Crippen LogP contribution >= 0.6 is 15.9 Å². The standard InChI is InChI=1S/C14H19BrF3N/c1-10(2)5-3-4-8-19-13-9-11(15)6-7-12(13)14(16,17)18/h6-7,9-10,19H,3-5,8H2,1-2H3. The van der Waals surface area contributed by atoms with Crippen LogP contribution in [-0.2, 0) is 6.18 Å². The molecule has 0 aliphatic rings. The van der Waals surface area contributed by atoms with Gasteiger partial charge in [0.05, 0.1) is 5.56 Å². The molecule has 1 N–H and O–H groups in total. The van der Waals surface area contributed by atoms with Crippen LogP contribution in [0.25, 0.3) is 0 Å². The lowest BCUT2D eigenvalue weighted by Crippen LogP contribution is -2.11. The molecule has 108 valence electrons. The van der Waals surface area contributed by atoms with Gasteiger partial charge in [-0.2, -0.15) is 13.2 Å². The average Bonchev–Trinajstić information content (AvgIpc) is 2.26. The molecule has 0 aliphatic carbocycles. The summed E-state index contributed by atoms with van der Waals surface area (Å²) in [6.07, 6.45) is -1.31.